The van der Waals surface area contributed by atoms with Gasteiger partial charge in [0.25, 0.3) is 5.91 Å². The molecule has 1 aromatic carbocycles. The van der Waals surface area contributed by atoms with Gasteiger partial charge in [0.15, 0.2) is 0 Å². The van der Waals surface area contributed by atoms with E-state index in [1.54, 1.807) is 12.3 Å². The van der Waals surface area contributed by atoms with Crippen molar-refractivity contribution in [3.05, 3.63) is 42.1 Å². The molecule has 1 atom stereocenters. The van der Waals surface area contributed by atoms with Crippen LogP contribution in [0.15, 0.2) is 36.5 Å². The van der Waals surface area contributed by atoms with Crippen LogP contribution in [0.1, 0.15) is 17.3 Å². The van der Waals surface area contributed by atoms with Gasteiger partial charge in [0.1, 0.15) is 0 Å². The van der Waals surface area contributed by atoms with Gasteiger partial charge < -0.3 is 11.1 Å². The van der Waals surface area contributed by atoms with Crippen molar-refractivity contribution in [2.24, 2.45) is 5.73 Å². The highest BCUT2D eigenvalue weighted by atomic mass is 16.1. The summed E-state index contributed by atoms with van der Waals surface area (Å²) in [6, 6.07) is 9.20. The van der Waals surface area contributed by atoms with Crippen molar-refractivity contribution in [1.82, 2.24) is 10.3 Å². The lowest BCUT2D eigenvalue weighted by molar-refractivity contribution is 0.0943. The van der Waals surface area contributed by atoms with Crippen molar-refractivity contribution < 1.29 is 4.79 Å². The largest absolute Gasteiger partial charge is 0.348 e. The number of aromatic nitrogens is 1. The molecule has 0 saturated heterocycles. The highest BCUT2D eigenvalue weighted by Crippen LogP contribution is 2.16. The molecule has 1 heterocycles. The molecule has 0 spiro atoms. The number of rotatable bonds is 3. The van der Waals surface area contributed by atoms with Gasteiger partial charge in [0, 0.05) is 29.7 Å². The van der Waals surface area contributed by atoms with E-state index in [0.717, 1.165) is 10.9 Å². The molecule has 88 valence electrons. The highest BCUT2D eigenvalue weighted by Gasteiger charge is 2.11. The van der Waals surface area contributed by atoms with Gasteiger partial charge in [0.05, 0.1) is 5.52 Å². The van der Waals surface area contributed by atoms with Gasteiger partial charge in [0.2, 0.25) is 0 Å². The molecule has 4 heteroatoms. The van der Waals surface area contributed by atoms with Crippen LogP contribution in [-0.2, 0) is 0 Å². The Kier molecular flexibility index (Phi) is 3.35. The van der Waals surface area contributed by atoms with E-state index in [9.17, 15) is 4.79 Å². The fraction of sp³-hybridized carbons (Fsp3) is 0.231. The molecule has 3 N–H and O–H groups in total. The molecule has 17 heavy (non-hydrogen) atoms. The summed E-state index contributed by atoms with van der Waals surface area (Å²) in [6.07, 6.45) is 1.71. The van der Waals surface area contributed by atoms with Crippen molar-refractivity contribution in [3.8, 4) is 0 Å². The number of fused-ring (bicyclic) bond motifs is 1. The predicted octanol–water partition coefficient (Wildman–Crippen LogP) is 1.31. The van der Waals surface area contributed by atoms with Gasteiger partial charge in [-0.2, -0.15) is 0 Å². The lowest BCUT2D eigenvalue weighted by Crippen LogP contribution is -2.37. The monoisotopic (exact) mass is 229 g/mol. The zero-order valence-corrected chi connectivity index (χ0v) is 9.68. The van der Waals surface area contributed by atoms with Gasteiger partial charge in [-0.25, -0.2) is 0 Å². The molecule has 0 fully saturated rings. The van der Waals surface area contributed by atoms with Gasteiger partial charge in [-0.3, -0.25) is 9.78 Å². The van der Waals surface area contributed by atoms with Crippen molar-refractivity contribution >= 4 is 16.8 Å². The molecule has 0 aliphatic heterocycles. The van der Waals surface area contributed by atoms with E-state index in [1.165, 1.54) is 0 Å². The Morgan fingerprint density at radius 2 is 2.24 bits per heavy atom. The second-order valence-electron chi connectivity index (χ2n) is 3.99. The average molecular weight is 229 g/mol. The molecule has 2 rings (SSSR count). The Labute approximate surface area is 99.8 Å². The Morgan fingerprint density at radius 3 is 3.00 bits per heavy atom. The molecule has 2 aromatic rings. The summed E-state index contributed by atoms with van der Waals surface area (Å²) in [5, 5.41) is 3.70. The Hall–Kier alpha value is -1.94. The minimum absolute atomic E-state index is 0.0329. The number of nitrogens with two attached hydrogens (primary N) is 1. The number of pyridine rings is 1. The molecule has 0 bridgehead atoms. The van der Waals surface area contributed by atoms with Crippen LogP contribution >= 0.6 is 0 Å². The van der Waals surface area contributed by atoms with Crippen LogP contribution in [0.4, 0.5) is 0 Å². The molecule has 0 unspecified atom stereocenters. The summed E-state index contributed by atoms with van der Waals surface area (Å²) < 4.78 is 0. The maximum atomic E-state index is 12.0. The number of nitrogens with zero attached hydrogens (tertiary/aromatic N) is 1. The van der Waals surface area contributed by atoms with Crippen molar-refractivity contribution in [2.45, 2.75) is 13.0 Å². The molecule has 0 radical (unpaired) electrons. The third-order valence-electron chi connectivity index (χ3n) is 2.62. The first-order chi connectivity index (χ1) is 8.22. The van der Waals surface area contributed by atoms with Gasteiger partial charge in [-0.1, -0.05) is 12.1 Å². The Balaban J connectivity index is 2.38. The fourth-order valence-corrected chi connectivity index (χ4v) is 1.66. The van der Waals surface area contributed by atoms with Crippen molar-refractivity contribution in [2.75, 3.05) is 6.54 Å². The average Bonchev–Trinajstić information content (AvgIpc) is 2.37. The third-order valence-corrected chi connectivity index (χ3v) is 2.62. The number of hydrogen-bond acceptors (Lipinski definition) is 3. The van der Waals surface area contributed by atoms with Crippen LogP contribution in [0.5, 0.6) is 0 Å². The second-order valence-corrected chi connectivity index (χ2v) is 3.99. The number of carbonyl (C=O) groups excluding carboxylic acids is 1. The number of carbonyl (C=O) groups is 1. The Bertz CT molecular complexity index is 534. The minimum Gasteiger partial charge on any atom is -0.348 e. The van der Waals surface area contributed by atoms with E-state index in [-0.39, 0.29) is 11.9 Å². The number of nitrogens with one attached hydrogen (secondary N) is 1. The summed E-state index contributed by atoms with van der Waals surface area (Å²) in [5.74, 6) is -0.110. The van der Waals surface area contributed by atoms with Gasteiger partial charge in [-0.15, -0.1) is 0 Å². The molecule has 4 nitrogen and oxygen atoms in total. The van der Waals surface area contributed by atoms with E-state index >= 15 is 0 Å². The number of amides is 1. The first-order valence-corrected chi connectivity index (χ1v) is 5.57. The van der Waals surface area contributed by atoms with Crippen molar-refractivity contribution in [1.29, 1.82) is 0 Å². The van der Waals surface area contributed by atoms with Gasteiger partial charge in [-0.05, 0) is 25.1 Å². The molecule has 1 aromatic heterocycles. The molecule has 0 saturated carbocycles. The van der Waals surface area contributed by atoms with Crippen LogP contribution < -0.4 is 11.1 Å². The SMILES string of the molecule is C[C@H](CN)NC(=O)c1cccc2ncccc12. The van der Waals surface area contributed by atoms with E-state index in [1.807, 2.05) is 31.2 Å². The maximum absolute atomic E-state index is 12.0. The summed E-state index contributed by atoms with van der Waals surface area (Å²) in [7, 11) is 0. The first-order valence-electron chi connectivity index (χ1n) is 5.57. The summed E-state index contributed by atoms with van der Waals surface area (Å²) in [4.78, 5) is 16.3. The lowest BCUT2D eigenvalue weighted by atomic mass is 10.1. The molecule has 0 aliphatic rings. The minimum atomic E-state index is -0.110. The highest BCUT2D eigenvalue weighted by molar-refractivity contribution is 6.06. The smallest absolute Gasteiger partial charge is 0.252 e. The van der Waals surface area contributed by atoms with E-state index in [4.69, 9.17) is 5.73 Å². The Morgan fingerprint density at radius 1 is 1.41 bits per heavy atom. The normalized spacial score (nSPS) is 12.4. The van der Waals surface area contributed by atoms with E-state index in [2.05, 4.69) is 10.3 Å². The molecular formula is C13H15N3O. The molecule has 1 amide bonds. The van der Waals surface area contributed by atoms with Crippen LogP contribution in [0, 0.1) is 0 Å². The number of benzene rings is 1. The number of hydrogen-bond donors (Lipinski definition) is 2. The van der Waals surface area contributed by atoms with Gasteiger partial charge >= 0.3 is 0 Å². The lowest BCUT2D eigenvalue weighted by Gasteiger charge is -2.12. The predicted molar refractivity (Wildman–Crippen MR) is 67.7 cm³/mol. The standard InChI is InChI=1S/C13H15N3O/c1-9(8-14)16-13(17)11-4-2-6-12-10(11)5-3-7-15-12/h2-7,9H,8,14H2,1H3,(H,16,17)/t9-/m1/s1. The summed E-state index contributed by atoms with van der Waals surface area (Å²) >= 11 is 0. The summed E-state index contributed by atoms with van der Waals surface area (Å²) in [6.45, 7) is 2.30. The van der Waals surface area contributed by atoms with Crippen LogP contribution in [0.2, 0.25) is 0 Å². The fourth-order valence-electron chi connectivity index (χ4n) is 1.66. The van der Waals surface area contributed by atoms with Crippen LogP contribution in [0.3, 0.4) is 0 Å². The summed E-state index contributed by atoms with van der Waals surface area (Å²) in [5.41, 5.74) is 6.94. The van der Waals surface area contributed by atoms with E-state index in [0.29, 0.717) is 12.1 Å². The third kappa shape index (κ3) is 2.42. The molecular weight excluding hydrogens is 214 g/mol. The van der Waals surface area contributed by atoms with E-state index < -0.39 is 0 Å². The van der Waals surface area contributed by atoms with Crippen LogP contribution in [-0.4, -0.2) is 23.5 Å². The molecule has 0 aliphatic carbocycles. The second kappa shape index (κ2) is 4.93. The zero-order valence-electron chi connectivity index (χ0n) is 9.68. The quantitative estimate of drug-likeness (QED) is 0.833. The first kappa shape index (κ1) is 11.5. The zero-order chi connectivity index (χ0) is 12.3. The van der Waals surface area contributed by atoms with Crippen LogP contribution in [0.25, 0.3) is 10.9 Å². The topological polar surface area (TPSA) is 68.0 Å². The van der Waals surface area contributed by atoms with Crippen molar-refractivity contribution in [3.63, 3.8) is 0 Å². The maximum Gasteiger partial charge on any atom is 0.252 e.